The number of aryl methyl sites for hydroxylation is 1. The summed E-state index contributed by atoms with van der Waals surface area (Å²) in [5.41, 5.74) is 2.80. The summed E-state index contributed by atoms with van der Waals surface area (Å²) < 4.78 is 7.09. The average Bonchev–Trinajstić information content (AvgIpc) is 3.02. The molecule has 0 saturated carbocycles. The van der Waals surface area contributed by atoms with Crippen LogP contribution >= 0.6 is 11.8 Å². The first-order valence-electron chi connectivity index (χ1n) is 8.31. The first-order valence-corrected chi connectivity index (χ1v) is 9.19. The summed E-state index contributed by atoms with van der Waals surface area (Å²) in [5, 5.41) is 9.00. The van der Waals surface area contributed by atoms with E-state index in [2.05, 4.69) is 10.2 Å². The number of nitrogens with zero attached hydrogens (tertiary/aromatic N) is 3. The van der Waals surface area contributed by atoms with E-state index in [1.807, 2.05) is 74.0 Å². The van der Waals surface area contributed by atoms with Crippen molar-refractivity contribution in [2.24, 2.45) is 7.05 Å². The molecule has 0 aliphatic heterocycles. The van der Waals surface area contributed by atoms with Crippen LogP contribution in [0.15, 0.2) is 53.7 Å². The van der Waals surface area contributed by atoms with E-state index in [0.29, 0.717) is 10.7 Å². The lowest BCUT2D eigenvalue weighted by atomic mass is 10.1. The fraction of sp³-hybridized carbons (Fsp3) is 0.250. The van der Waals surface area contributed by atoms with Gasteiger partial charge in [0, 0.05) is 18.2 Å². The standard InChI is InChI=1S/C20H21N3O2S/c1-13-5-7-15(8-6-13)18(24)14(2)26-20-22-21-19(23(20)3)16-9-11-17(25-4)12-10-16/h5-12,14H,1-4H3/t14-/m1/s1. The molecule has 0 N–H and O–H groups in total. The summed E-state index contributed by atoms with van der Waals surface area (Å²) in [6.07, 6.45) is 0. The van der Waals surface area contributed by atoms with Gasteiger partial charge in [-0.2, -0.15) is 0 Å². The van der Waals surface area contributed by atoms with Crippen molar-refractivity contribution in [3.05, 3.63) is 59.7 Å². The summed E-state index contributed by atoms with van der Waals surface area (Å²) in [4.78, 5) is 12.6. The molecule has 0 amide bonds. The number of carbonyl (C=O) groups is 1. The average molecular weight is 367 g/mol. The number of ether oxygens (including phenoxy) is 1. The van der Waals surface area contributed by atoms with Crippen LogP contribution in [0, 0.1) is 6.92 Å². The van der Waals surface area contributed by atoms with Crippen LogP contribution in [-0.4, -0.2) is 32.9 Å². The van der Waals surface area contributed by atoms with Gasteiger partial charge in [0.1, 0.15) is 5.75 Å². The summed E-state index contributed by atoms with van der Waals surface area (Å²) in [6.45, 7) is 3.90. The molecule has 3 aromatic rings. The molecular weight excluding hydrogens is 346 g/mol. The van der Waals surface area contributed by atoms with E-state index < -0.39 is 0 Å². The minimum atomic E-state index is -0.246. The van der Waals surface area contributed by atoms with Crippen molar-refractivity contribution in [1.82, 2.24) is 14.8 Å². The second-order valence-corrected chi connectivity index (χ2v) is 7.39. The van der Waals surface area contributed by atoms with Crippen LogP contribution in [0.25, 0.3) is 11.4 Å². The third-order valence-electron chi connectivity index (χ3n) is 4.17. The van der Waals surface area contributed by atoms with Gasteiger partial charge < -0.3 is 9.30 Å². The predicted molar refractivity (Wildman–Crippen MR) is 104 cm³/mol. The number of ketones is 1. The molecule has 6 heteroatoms. The maximum atomic E-state index is 12.6. The molecule has 0 unspecified atom stereocenters. The van der Waals surface area contributed by atoms with Crippen molar-refractivity contribution >= 4 is 17.5 Å². The number of thioether (sulfide) groups is 1. The Hall–Kier alpha value is -2.60. The van der Waals surface area contributed by atoms with Crippen molar-refractivity contribution in [3.63, 3.8) is 0 Å². The number of carbonyl (C=O) groups excluding carboxylic acids is 1. The van der Waals surface area contributed by atoms with Crippen molar-refractivity contribution in [1.29, 1.82) is 0 Å². The molecule has 3 rings (SSSR count). The molecule has 0 aliphatic carbocycles. The zero-order chi connectivity index (χ0) is 18.7. The second kappa shape index (κ2) is 7.74. The number of methoxy groups -OCH3 is 1. The summed E-state index contributed by atoms with van der Waals surface area (Å²) in [5.74, 6) is 1.64. The number of aromatic nitrogens is 3. The molecule has 26 heavy (non-hydrogen) atoms. The van der Waals surface area contributed by atoms with Gasteiger partial charge in [0.15, 0.2) is 16.8 Å². The lowest BCUT2D eigenvalue weighted by Crippen LogP contribution is -2.14. The van der Waals surface area contributed by atoms with Crippen molar-refractivity contribution in [2.45, 2.75) is 24.3 Å². The Morgan fingerprint density at radius 3 is 2.35 bits per heavy atom. The van der Waals surface area contributed by atoms with E-state index >= 15 is 0 Å². The topological polar surface area (TPSA) is 57.0 Å². The minimum absolute atomic E-state index is 0.0870. The molecule has 5 nitrogen and oxygen atoms in total. The van der Waals surface area contributed by atoms with Crippen LogP contribution in [0.1, 0.15) is 22.8 Å². The van der Waals surface area contributed by atoms with Gasteiger partial charge in [-0.1, -0.05) is 41.6 Å². The largest absolute Gasteiger partial charge is 0.497 e. The van der Waals surface area contributed by atoms with Crippen LogP contribution in [0.4, 0.5) is 0 Å². The van der Waals surface area contributed by atoms with Crippen LogP contribution in [0.2, 0.25) is 0 Å². The zero-order valence-electron chi connectivity index (χ0n) is 15.3. The Morgan fingerprint density at radius 2 is 1.73 bits per heavy atom. The number of hydrogen-bond acceptors (Lipinski definition) is 5. The highest BCUT2D eigenvalue weighted by molar-refractivity contribution is 8.00. The highest BCUT2D eigenvalue weighted by atomic mass is 32.2. The van der Waals surface area contributed by atoms with E-state index in [0.717, 1.165) is 22.7 Å². The van der Waals surface area contributed by atoms with E-state index in [9.17, 15) is 4.79 Å². The van der Waals surface area contributed by atoms with Crippen LogP contribution in [0.3, 0.4) is 0 Å². The predicted octanol–water partition coefficient (Wildman–Crippen LogP) is 4.16. The molecule has 0 aliphatic rings. The fourth-order valence-corrected chi connectivity index (χ4v) is 3.47. The molecule has 0 bridgehead atoms. The van der Waals surface area contributed by atoms with Crippen LogP contribution in [-0.2, 0) is 7.05 Å². The van der Waals surface area contributed by atoms with E-state index in [4.69, 9.17) is 4.74 Å². The molecule has 1 atom stereocenters. The number of Topliss-reactive ketones (excluding diaryl/α,β-unsaturated/α-hetero) is 1. The molecule has 1 aromatic heterocycles. The summed E-state index contributed by atoms with van der Waals surface area (Å²) in [7, 11) is 3.55. The lowest BCUT2D eigenvalue weighted by molar-refractivity contribution is 0.0994. The van der Waals surface area contributed by atoms with Crippen molar-refractivity contribution < 1.29 is 9.53 Å². The fourth-order valence-electron chi connectivity index (χ4n) is 2.57. The first-order chi connectivity index (χ1) is 12.5. The van der Waals surface area contributed by atoms with Gasteiger partial charge in [0.05, 0.1) is 12.4 Å². The second-order valence-electron chi connectivity index (χ2n) is 6.08. The minimum Gasteiger partial charge on any atom is -0.497 e. The quantitative estimate of drug-likeness (QED) is 0.484. The Bertz CT molecular complexity index is 902. The van der Waals surface area contributed by atoms with Crippen LogP contribution < -0.4 is 4.74 Å². The smallest absolute Gasteiger partial charge is 0.191 e. The van der Waals surface area contributed by atoms with Gasteiger partial charge >= 0.3 is 0 Å². The highest BCUT2D eigenvalue weighted by Gasteiger charge is 2.20. The lowest BCUT2D eigenvalue weighted by Gasteiger charge is -2.10. The van der Waals surface area contributed by atoms with Crippen molar-refractivity contribution in [3.8, 4) is 17.1 Å². The van der Waals surface area contributed by atoms with E-state index in [-0.39, 0.29) is 11.0 Å². The Balaban J connectivity index is 1.76. The van der Waals surface area contributed by atoms with Crippen molar-refractivity contribution in [2.75, 3.05) is 7.11 Å². The molecule has 0 saturated heterocycles. The molecule has 134 valence electrons. The number of hydrogen-bond donors (Lipinski definition) is 0. The molecule has 0 radical (unpaired) electrons. The Labute approximate surface area is 157 Å². The van der Waals surface area contributed by atoms with E-state index in [1.165, 1.54) is 11.8 Å². The maximum absolute atomic E-state index is 12.6. The molecule has 2 aromatic carbocycles. The monoisotopic (exact) mass is 367 g/mol. The van der Waals surface area contributed by atoms with Gasteiger partial charge in [-0.25, -0.2) is 0 Å². The molecule has 1 heterocycles. The van der Waals surface area contributed by atoms with Gasteiger partial charge in [-0.3, -0.25) is 4.79 Å². The zero-order valence-corrected chi connectivity index (χ0v) is 16.1. The normalized spacial score (nSPS) is 12.0. The molecule has 0 spiro atoms. The van der Waals surface area contributed by atoms with Crippen LogP contribution in [0.5, 0.6) is 5.75 Å². The summed E-state index contributed by atoms with van der Waals surface area (Å²) >= 11 is 1.42. The molecule has 0 fully saturated rings. The Kier molecular flexibility index (Phi) is 5.42. The first kappa shape index (κ1) is 18.2. The van der Waals surface area contributed by atoms with Gasteiger partial charge in [0.25, 0.3) is 0 Å². The third kappa shape index (κ3) is 3.80. The Morgan fingerprint density at radius 1 is 1.08 bits per heavy atom. The number of rotatable bonds is 6. The summed E-state index contributed by atoms with van der Waals surface area (Å²) in [6, 6.07) is 15.3. The molecular formula is C20H21N3O2S. The SMILES string of the molecule is COc1ccc(-c2nnc(S[C@H](C)C(=O)c3ccc(C)cc3)n2C)cc1. The maximum Gasteiger partial charge on any atom is 0.191 e. The van der Waals surface area contributed by atoms with Gasteiger partial charge in [0.2, 0.25) is 0 Å². The van der Waals surface area contributed by atoms with Gasteiger partial charge in [-0.05, 0) is 38.1 Å². The number of benzene rings is 2. The third-order valence-corrected chi connectivity index (χ3v) is 5.30. The highest BCUT2D eigenvalue weighted by Crippen LogP contribution is 2.28. The van der Waals surface area contributed by atoms with E-state index in [1.54, 1.807) is 7.11 Å². The van der Waals surface area contributed by atoms with Gasteiger partial charge in [-0.15, -0.1) is 10.2 Å².